The number of carbonyl (C=O) groups is 1. The van der Waals surface area contributed by atoms with Gasteiger partial charge >= 0.3 is 0 Å². The van der Waals surface area contributed by atoms with Gasteiger partial charge in [-0.25, -0.2) is 4.98 Å². The molecule has 2 aromatic carbocycles. The lowest BCUT2D eigenvalue weighted by Crippen LogP contribution is -2.48. The normalized spacial score (nSPS) is 18.7. The molecule has 8 nitrogen and oxygen atoms in total. The van der Waals surface area contributed by atoms with Crippen LogP contribution in [0, 0.1) is 12.8 Å². The van der Waals surface area contributed by atoms with Crippen LogP contribution in [0.3, 0.4) is 0 Å². The maximum atomic E-state index is 12.3. The van der Waals surface area contributed by atoms with E-state index >= 15 is 0 Å². The van der Waals surface area contributed by atoms with Crippen LogP contribution in [-0.2, 0) is 4.74 Å². The molecule has 3 heterocycles. The molecule has 8 heteroatoms. The number of rotatable bonds is 19. The molecule has 54 heavy (non-hydrogen) atoms. The van der Waals surface area contributed by atoms with Crippen molar-refractivity contribution in [2.24, 2.45) is 5.92 Å². The van der Waals surface area contributed by atoms with Gasteiger partial charge in [0.2, 0.25) is 5.88 Å². The first kappa shape index (κ1) is 39.5. The van der Waals surface area contributed by atoms with Crippen molar-refractivity contribution < 1.29 is 19.0 Å². The Morgan fingerprint density at radius 1 is 0.944 bits per heavy atom. The number of nitrogens with one attached hydrogen (secondary N) is 1. The van der Waals surface area contributed by atoms with E-state index in [0.29, 0.717) is 12.5 Å². The molecule has 1 saturated heterocycles. The average molecular weight is 733 g/mol. The van der Waals surface area contributed by atoms with Crippen molar-refractivity contribution >= 4 is 28.8 Å². The number of benzene rings is 2. The maximum Gasteiger partial charge on any atom is 0.213 e. The lowest BCUT2D eigenvalue weighted by atomic mass is 9.92. The molecule has 0 atom stereocenters. The minimum atomic E-state index is 0.00745. The molecule has 0 bridgehead atoms. The summed E-state index contributed by atoms with van der Waals surface area (Å²) in [5, 5.41) is 3.58. The molecule has 0 amide bonds. The van der Waals surface area contributed by atoms with Gasteiger partial charge in [0.15, 0.2) is 5.78 Å². The number of unbranched alkanes of at least 4 members (excludes halogenated alkanes) is 3. The third kappa shape index (κ3) is 10.5. The van der Waals surface area contributed by atoms with E-state index in [2.05, 4.69) is 63.6 Å². The number of aromatic nitrogens is 2. The second-order valence-corrected chi connectivity index (χ2v) is 15.3. The minimum Gasteiger partial charge on any atom is -0.494 e. The standard InChI is InChI=1S/C46H60N4O4/c1-6-8-13-41-42-17-14-35(29-44(42)48-43(41)12-7-2)36-15-19-45(47-32-36)54-39-30-38(31-39)53-27-25-50-23-21-49(22-24-50)20-10-9-11-26-52-37-16-18-40(34(5)28-37)46(51)33(3)4/h7,12-19,28-29,32-33,38-39,48H,2,6,8-11,20-27,30-31H2,1,3-5H3/b41-13-,43-12+. The molecule has 1 aliphatic heterocycles. The number of hydrogen-bond donors (Lipinski definition) is 1. The van der Waals surface area contributed by atoms with Crippen LogP contribution in [-0.4, -0.2) is 90.2 Å². The molecule has 288 valence electrons. The summed E-state index contributed by atoms with van der Waals surface area (Å²) in [5.74, 6) is 1.72. The van der Waals surface area contributed by atoms with Crippen LogP contribution in [0.5, 0.6) is 11.6 Å². The van der Waals surface area contributed by atoms with Gasteiger partial charge in [0, 0.05) is 96.3 Å². The molecule has 1 aliphatic carbocycles. The third-order valence-corrected chi connectivity index (χ3v) is 10.8. The molecule has 2 aromatic heterocycles. The summed E-state index contributed by atoms with van der Waals surface area (Å²) < 4.78 is 18.4. The van der Waals surface area contributed by atoms with E-state index in [0.717, 1.165) is 123 Å². The number of pyridine rings is 1. The number of carbonyl (C=O) groups excluding carboxylic acids is 1. The Morgan fingerprint density at radius 3 is 2.43 bits per heavy atom. The van der Waals surface area contributed by atoms with Crippen LogP contribution in [0.25, 0.3) is 34.2 Å². The highest BCUT2D eigenvalue weighted by atomic mass is 16.5. The fourth-order valence-corrected chi connectivity index (χ4v) is 7.42. The number of ether oxygens (including phenoxy) is 3. The third-order valence-electron chi connectivity index (χ3n) is 10.8. The molecule has 1 N–H and O–H groups in total. The molecule has 0 radical (unpaired) electrons. The van der Waals surface area contributed by atoms with Crippen molar-refractivity contribution in [3.63, 3.8) is 0 Å². The van der Waals surface area contributed by atoms with Crippen LogP contribution in [0.2, 0.25) is 0 Å². The Balaban J connectivity index is 0.819. The summed E-state index contributed by atoms with van der Waals surface area (Å²) in [4.78, 5) is 25.6. The van der Waals surface area contributed by atoms with Gasteiger partial charge in [-0.1, -0.05) is 58.1 Å². The van der Waals surface area contributed by atoms with Crippen LogP contribution >= 0.6 is 0 Å². The zero-order chi connectivity index (χ0) is 37.9. The van der Waals surface area contributed by atoms with E-state index in [1.54, 1.807) is 0 Å². The van der Waals surface area contributed by atoms with Gasteiger partial charge in [-0.3, -0.25) is 9.69 Å². The number of hydrogen-bond acceptors (Lipinski definition) is 7. The van der Waals surface area contributed by atoms with Crippen LogP contribution in [0.1, 0.15) is 81.6 Å². The predicted molar refractivity (Wildman–Crippen MR) is 221 cm³/mol. The second-order valence-electron chi connectivity index (χ2n) is 15.3. The van der Waals surface area contributed by atoms with Crippen molar-refractivity contribution in [2.45, 2.75) is 84.8 Å². The van der Waals surface area contributed by atoms with Crippen molar-refractivity contribution in [1.82, 2.24) is 19.8 Å². The van der Waals surface area contributed by atoms with Crippen molar-refractivity contribution in [2.75, 3.05) is 52.5 Å². The number of fused-ring (bicyclic) bond motifs is 1. The number of allylic oxidation sites excluding steroid dienone is 1. The fraction of sp³-hybridized carbons (Fsp3) is 0.478. The summed E-state index contributed by atoms with van der Waals surface area (Å²) >= 11 is 0. The van der Waals surface area contributed by atoms with Gasteiger partial charge in [-0.15, -0.1) is 0 Å². The lowest BCUT2D eigenvalue weighted by molar-refractivity contribution is -0.0677. The molecule has 6 rings (SSSR count). The van der Waals surface area contributed by atoms with Gasteiger partial charge in [-0.05, 0) is 86.7 Å². The zero-order valence-corrected chi connectivity index (χ0v) is 32.9. The Hall–Kier alpha value is -4.24. The molecular weight excluding hydrogens is 673 g/mol. The van der Waals surface area contributed by atoms with Gasteiger partial charge in [-0.2, -0.15) is 0 Å². The summed E-state index contributed by atoms with van der Waals surface area (Å²) in [7, 11) is 0. The predicted octanol–water partition coefficient (Wildman–Crippen LogP) is 7.72. The number of piperazine rings is 1. The second kappa shape index (κ2) is 19.4. The van der Waals surface area contributed by atoms with E-state index in [4.69, 9.17) is 14.2 Å². The number of ketones is 1. The summed E-state index contributed by atoms with van der Waals surface area (Å²) in [6.45, 7) is 20.0. The Labute approximate surface area is 321 Å². The number of H-pyrrole nitrogens is 1. The number of aromatic amines is 1. The Kier molecular flexibility index (Phi) is 14.2. The number of aryl methyl sites for hydroxylation is 1. The number of Topliss-reactive ketones (excluding diaryl/α,β-unsaturated/α-hetero) is 1. The van der Waals surface area contributed by atoms with Gasteiger partial charge in [0.1, 0.15) is 11.9 Å². The van der Waals surface area contributed by atoms with Crippen LogP contribution in [0.15, 0.2) is 67.4 Å². The zero-order valence-electron chi connectivity index (χ0n) is 32.9. The van der Waals surface area contributed by atoms with E-state index in [9.17, 15) is 4.79 Å². The van der Waals surface area contributed by atoms with Crippen molar-refractivity contribution in [3.8, 4) is 22.8 Å². The van der Waals surface area contributed by atoms with Gasteiger partial charge < -0.3 is 24.1 Å². The lowest BCUT2D eigenvalue weighted by Gasteiger charge is -2.37. The molecule has 0 unspecified atom stereocenters. The summed E-state index contributed by atoms with van der Waals surface area (Å²) in [6, 6.07) is 16.5. The average Bonchev–Trinajstić information content (AvgIpc) is 3.50. The molecular formula is C46H60N4O4. The quantitative estimate of drug-likeness (QED) is 0.0782. The summed E-state index contributed by atoms with van der Waals surface area (Å²) in [5.41, 5.74) is 5.11. The van der Waals surface area contributed by atoms with Gasteiger partial charge in [0.05, 0.1) is 19.3 Å². The first-order valence-corrected chi connectivity index (χ1v) is 20.2. The van der Waals surface area contributed by atoms with E-state index < -0.39 is 0 Å². The topological polar surface area (TPSA) is 79.9 Å². The van der Waals surface area contributed by atoms with Gasteiger partial charge in [0.25, 0.3) is 0 Å². The maximum absolute atomic E-state index is 12.3. The highest BCUT2D eigenvalue weighted by molar-refractivity contribution is 5.98. The monoisotopic (exact) mass is 732 g/mol. The molecule has 2 fully saturated rings. The van der Waals surface area contributed by atoms with E-state index in [1.807, 2.05) is 63.4 Å². The first-order valence-electron chi connectivity index (χ1n) is 20.2. The summed E-state index contributed by atoms with van der Waals surface area (Å²) in [6.07, 6.45) is 15.9. The number of nitrogens with zero attached hydrogens (tertiary/aromatic N) is 3. The van der Waals surface area contributed by atoms with E-state index in [1.165, 1.54) is 17.0 Å². The Morgan fingerprint density at radius 2 is 1.72 bits per heavy atom. The SMILES string of the molecule is C=C/C=c1/[nH]c2cc(-c3ccc(OC4CC(OCCN5CCN(CCCCCOc6ccc(C(=O)C(C)C)c(C)c6)CC5)C4)nc3)ccc2/c1=C/CCC. The first-order chi connectivity index (χ1) is 26.3. The van der Waals surface area contributed by atoms with Crippen molar-refractivity contribution in [1.29, 1.82) is 0 Å². The van der Waals surface area contributed by atoms with Crippen LogP contribution < -0.4 is 20.0 Å². The molecule has 0 spiro atoms. The molecule has 4 aromatic rings. The Bertz CT molecular complexity index is 1950. The van der Waals surface area contributed by atoms with E-state index in [-0.39, 0.29) is 23.9 Å². The minimum absolute atomic E-state index is 0.00745. The molecule has 1 saturated carbocycles. The molecule has 2 aliphatic rings. The smallest absolute Gasteiger partial charge is 0.213 e. The highest BCUT2D eigenvalue weighted by Crippen LogP contribution is 2.29. The highest BCUT2D eigenvalue weighted by Gasteiger charge is 2.32. The fourth-order valence-electron chi connectivity index (χ4n) is 7.42. The largest absolute Gasteiger partial charge is 0.494 e. The van der Waals surface area contributed by atoms with Crippen LogP contribution in [0.4, 0.5) is 0 Å². The van der Waals surface area contributed by atoms with Crippen molar-refractivity contribution in [3.05, 3.63) is 89.1 Å².